The van der Waals surface area contributed by atoms with Crippen molar-refractivity contribution >= 4 is 32.1 Å². The highest BCUT2D eigenvalue weighted by atomic mass is 32.2. The lowest BCUT2D eigenvalue weighted by Crippen LogP contribution is -2.63. The number of carbonyl (C=O) groups excluding carboxylic acids is 2. The van der Waals surface area contributed by atoms with Gasteiger partial charge in [-0.25, -0.2) is 35.9 Å². The number of sulfonamides is 2. The monoisotopic (exact) mass is 564 g/mol. The van der Waals surface area contributed by atoms with Crippen molar-refractivity contribution in [2.24, 2.45) is 0 Å². The second-order valence-electron chi connectivity index (χ2n) is 8.23. The molecule has 0 heterocycles. The molecule has 12 heteroatoms. The summed E-state index contributed by atoms with van der Waals surface area (Å²) >= 11 is 0. The van der Waals surface area contributed by atoms with E-state index < -0.39 is 37.8 Å². The second kappa shape index (κ2) is 11.4. The first-order valence-corrected chi connectivity index (χ1v) is 14.5. The molecular weight excluding hydrogens is 540 g/mol. The van der Waals surface area contributed by atoms with Gasteiger partial charge in [-0.1, -0.05) is 97.1 Å². The van der Waals surface area contributed by atoms with Gasteiger partial charge in [0.1, 0.15) is 0 Å². The Morgan fingerprint density at radius 3 is 1.05 bits per heavy atom. The van der Waals surface area contributed by atoms with Gasteiger partial charge in [-0.05, 0) is 24.3 Å². The number of benzene rings is 4. The van der Waals surface area contributed by atoms with Gasteiger partial charge in [0, 0.05) is 11.1 Å². The fourth-order valence-electron chi connectivity index (χ4n) is 3.82. The fraction of sp³-hybridized carbons (Fsp3) is 0.0370. The Morgan fingerprint density at radius 2 is 0.744 bits per heavy atom. The normalized spacial score (nSPS) is 11.7. The molecule has 4 rings (SSSR count). The SMILES string of the molecule is O=C(NC(NC(=O)NS(=O)(=O)c1ccccc1)(c1ccccc1)c1ccccc1)NS(=O)(=O)c1ccccc1. The number of amides is 4. The summed E-state index contributed by atoms with van der Waals surface area (Å²) in [5.41, 5.74) is -1.26. The minimum absolute atomic E-state index is 0.148. The Labute approximate surface area is 226 Å². The smallest absolute Gasteiger partial charge is 0.306 e. The van der Waals surface area contributed by atoms with Gasteiger partial charge in [0.25, 0.3) is 20.0 Å². The maximum Gasteiger partial charge on any atom is 0.331 e. The molecule has 200 valence electrons. The van der Waals surface area contributed by atoms with E-state index in [-0.39, 0.29) is 9.79 Å². The Kier molecular flexibility index (Phi) is 7.98. The Bertz CT molecular complexity index is 1520. The van der Waals surface area contributed by atoms with Crippen molar-refractivity contribution in [3.63, 3.8) is 0 Å². The van der Waals surface area contributed by atoms with Crippen LogP contribution >= 0.6 is 0 Å². The van der Waals surface area contributed by atoms with Crippen LogP contribution in [0.1, 0.15) is 11.1 Å². The third kappa shape index (κ3) is 6.43. The first-order chi connectivity index (χ1) is 18.6. The van der Waals surface area contributed by atoms with Crippen molar-refractivity contribution in [2.75, 3.05) is 0 Å². The molecule has 39 heavy (non-hydrogen) atoms. The molecule has 0 saturated carbocycles. The van der Waals surface area contributed by atoms with E-state index in [9.17, 15) is 26.4 Å². The summed E-state index contributed by atoms with van der Waals surface area (Å²) in [7, 11) is -8.55. The lowest BCUT2D eigenvalue weighted by Gasteiger charge is -2.36. The van der Waals surface area contributed by atoms with Crippen LogP contribution in [0.2, 0.25) is 0 Å². The maximum absolute atomic E-state index is 13.2. The molecule has 0 radical (unpaired) electrons. The van der Waals surface area contributed by atoms with E-state index in [1.807, 2.05) is 9.44 Å². The van der Waals surface area contributed by atoms with Gasteiger partial charge in [0.2, 0.25) is 0 Å². The van der Waals surface area contributed by atoms with Crippen molar-refractivity contribution in [1.29, 1.82) is 0 Å². The van der Waals surface area contributed by atoms with Crippen LogP contribution in [0, 0.1) is 0 Å². The topological polar surface area (TPSA) is 151 Å². The van der Waals surface area contributed by atoms with Crippen molar-refractivity contribution < 1.29 is 26.4 Å². The number of rotatable bonds is 8. The molecule has 0 aliphatic heterocycles. The molecule has 4 aromatic carbocycles. The number of hydrogen-bond donors (Lipinski definition) is 4. The quantitative estimate of drug-likeness (QED) is 0.241. The molecule has 0 fully saturated rings. The highest BCUT2D eigenvalue weighted by Crippen LogP contribution is 2.27. The van der Waals surface area contributed by atoms with Crippen LogP contribution in [0.3, 0.4) is 0 Å². The summed E-state index contributed by atoms with van der Waals surface area (Å²) in [6.07, 6.45) is 0. The number of nitrogens with one attached hydrogen (secondary N) is 4. The molecular formula is C27H24N4O6S2. The predicted octanol–water partition coefficient (Wildman–Crippen LogP) is 3.26. The van der Waals surface area contributed by atoms with Crippen LogP contribution < -0.4 is 20.1 Å². The lowest BCUT2D eigenvalue weighted by molar-refractivity contribution is 0.218. The zero-order valence-corrected chi connectivity index (χ0v) is 21.9. The van der Waals surface area contributed by atoms with E-state index in [1.54, 1.807) is 72.8 Å². The molecule has 0 unspecified atom stereocenters. The largest absolute Gasteiger partial charge is 0.331 e. The zero-order valence-electron chi connectivity index (χ0n) is 20.3. The van der Waals surface area contributed by atoms with E-state index in [2.05, 4.69) is 10.6 Å². The fourth-order valence-corrected chi connectivity index (χ4v) is 5.67. The standard InChI is InChI=1S/C27H24N4O6S2/c32-25(30-38(34,35)23-17-9-3-10-18-23)28-27(21-13-5-1-6-14-21,22-15-7-2-8-16-22)29-26(33)31-39(36,37)24-19-11-4-12-20-24/h1-20H,(H2,28,30,32)(H2,29,31,33). The third-order valence-electron chi connectivity index (χ3n) is 5.58. The van der Waals surface area contributed by atoms with Gasteiger partial charge < -0.3 is 10.6 Å². The molecule has 10 nitrogen and oxygen atoms in total. The summed E-state index contributed by atoms with van der Waals surface area (Å²) in [6, 6.07) is 28.6. The van der Waals surface area contributed by atoms with Crippen molar-refractivity contribution in [3.05, 3.63) is 132 Å². The Hall–Kier alpha value is -4.68. The number of urea groups is 2. The van der Waals surface area contributed by atoms with E-state index >= 15 is 0 Å². The van der Waals surface area contributed by atoms with Crippen LogP contribution in [0.4, 0.5) is 9.59 Å². The maximum atomic E-state index is 13.2. The van der Waals surface area contributed by atoms with Gasteiger partial charge in [-0.15, -0.1) is 0 Å². The number of carbonyl (C=O) groups is 2. The summed E-state index contributed by atoms with van der Waals surface area (Å²) < 4.78 is 55.2. The predicted molar refractivity (Wildman–Crippen MR) is 144 cm³/mol. The molecule has 0 spiro atoms. The van der Waals surface area contributed by atoms with Gasteiger partial charge >= 0.3 is 12.1 Å². The second-order valence-corrected chi connectivity index (χ2v) is 11.6. The molecule has 0 atom stereocenters. The van der Waals surface area contributed by atoms with E-state index in [1.165, 1.54) is 48.5 Å². The summed E-state index contributed by atoms with van der Waals surface area (Å²) in [4.78, 5) is 26.1. The van der Waals surface area contributed by atoms with Gasteiger partial charge in [0.15, 0.2) is 5.66 Å². The van der Waals surface area contributed by atoms with E-state index in [4.69, 9.17) is 0 Å². The Morgan fingerprint density at radius 1 is 0.462 bits per heavy atom. The van der Waals surface area contributed by atoms with Crippen molar-refractivity contribution in [3.8, 4) is 0 Å². The lowest BCUT2D eigenvalue weighted by atomic mass is 9.91. The summed E-state index contributed by atoms with van der Waals surface area (Å²) in [5.74, 6) is 0. The van der Waals surface area contributed by atoms with Crippen molar-refractivity contribution in [2.45, 2.75) is 15.5 Å². The van der Waals surface area contributed by atoms with E-state index in [0.717, 1.165) is 0 Å². The molecule has 0 aliphatic carbocycles. The molecule has 4 amide bonds. The minimum atomic E-state index is -4.28. The molecule has 0 bridgehead atoms. The molecule has 4 N–H and O–H groups in total. The van der Waals surface area contributed by atoms with E-state index in [0.29, 0.717) is 11.1 Å². The average Bonchev–Trinajstić information content (AvgIpc) is 2.94. The minimum Gasteiger partial charge on any atom is -0.306 e. The van der Waals surface area contributed by atoms with Crippen molar-refractivity contribution in [1.82, 2.24) is 20.1 Å². The van der Waals surface area contributed by atoms with Crippen LogP contribution in [0.25, 0.3) is 0 Å². The molecule has 0 saturated heterocycles. The van der Waals surface area contributed by atoms with Crippen LogP contribution in [-0.4, -0.2) is 28.9 Å². The van der Waals surface area contributed by atoms with Gasteiger partial charge in [-0.3, -0.25) is 0 Å². The van der Waals surface area contributed by atoms with Gasteiger partial charge in [-0.2, -0.15) is 0 Å². The summed E-state index contributed by atoms with van der Waals surface area (Å²) in [5, 5.41) is 5.10. The molecule has 4 aromatic rings. The van der Waals surface area contributed by atoms with Crippen LogP contribution in [0.5, 0.6) is 0 Å². The first-order valence-electron chi connectivity index (χ1n) is 11.5. The number of hydrogen-bond acceptors (Lipinski definition) is 6. The molecule has 0 aromatic heterocycles. The van der Waals surface area contributed by atoms with Crippen LogP contribution in [0.15, 0.2) is 131 Å². The third-order valence-corrected chi connectivity index (χ3v) is 8.27. The molecule has 0 aliphatic rings. The van der Waals surface area contributed by atoms with Crippen LogP contribution in [-0.2, 0) is 25.7 Å². The average molecular weight is 565 g/mol. The Balaban J connectivity index is 1.73. The summed E-state index contributed by atoms with van der Waals surface area (Å²) in [6.45, 7) is 0. The first kappa shape index (κ1) is 27.4. The zero-order chi connectivity index (χ0) is 27.9. The highest BCUT2D eigenvalue weighted by Gasteiger charge is 2.39. The van der Waals surface area contributed by atoms with Gasteiger partial charge in [0.05, 0.1) is 9.79 Å². The highest BCUT2D eigenvalue weighted by molar-refractivity contribution is 7.90.